The molecule has 0 aliphatic rings. The molecule has 1 heterocycles. The van der Waals surface area contributed by atoms with Crippen LogP contribution in [0.25, 0.3) is 22.9 Å². The number of amides is 1. The quantitative estimate of drug-likeness (QED) is 0.368. The van der Waals surface area contributed by atoms with E-state index in [1.54, 1.807) is 30.3 Å². The minimum Gasteiger partial charge on any atom is -0.480 e. The Kier molecular flexibility index (Phi) is 6.59. The van der Waals surface area contributed by atoms with E-state index in [1.807, 2.05) is 55.5 Å². The monoisotopic (exact) mass is 441 g/mol. The third-order valence-corrected chi connectivity index (χ3v) is 5.05. The Morgan fingerprint density at radius 3 is 2.27 bits per heavy atom. The molecule has 0 radical (unpaired) electrons. The molecule has 1 amide bonds. The zero-order chi connectivity index (χ0) is 23.2. The Morgan fingerprint density at radius 1 is 0.909 bits per heavy atom. The summed E-state index contributed by atoms with van der Waals surface area (Å²) in [5.74, 6) is 0.850. The minimum atomic E-state index is -0.741. The molecule has 0 spiro atoms. The summed E-state index contributed by atoms with van der Waals surface area (Å²) in [6.07, 6.45) is -0.291. The molecule has 0 aliphatic carbocycles. The number of ether oxygens (including phenoxy) is 1. The third kappa shape index (κ3) is 5.15. The van der Waals surface area contributed by atoms with Gasteiger partial charge in [0.25, 0.3) is 11.8 Å². The zero-order valence-corrected chi connectivity index (χ0v) is 18.3. The Morgan fingerprint density at radius 2 is 1.58 bits per heavy atom. The van der Waals surface area contributed by atoms with Crippen LogP contribution >= 0.6 is 0 Å². The Hall–Kier alpha value is -4.26. The first-order valence-electron chi connectivity index (χ1n) is 10.6. The number of Topliss-reactive ketones (excluding diaryl/α,β-unsaturated/α-hetero) is 1. The van der Waals surface area contributed by atoms with Gasteiger partial charge in [-0.3, -0.25) is 9.59 Å². The van der Waals surface area contributed by atoms with Crippen molar-refractivity contribution >= 4 is 17.4 Å². The SMILES string of the molecule is CC[C@@H](Oc1ccccc1-c1nnc(-c2ccccc2)o1)C(=O)Nc1ccc(C(C)=O)cc1. The number of nitrogens with zero attached hydrogens (tertiary/aromatic N) is 2. The summed E-state index contributed by atoms with van der Waals surface area (Å²) in [6, 6.07) is 23.5. The summed E-state index contributed by atoms with van der Waals surface area (Å²) in [6.45, 7) is 3.37. The van der Waals surface area contributed by atoms with Crippen LogP contribution in [0.15, 0.2) is 83.3 Å². The lowest BCUT2D eigenvalue weighted by molar-refractivity contribution is -0.122. The van der Waals surface area contributed by atoms with Gasteiger partial charge in [-0.05, 0) is 61.9 Å². The maximum atomic E-state index is 12.8. The Bertz CT molecular complexity index is 1250. The molecular weight excluding hydrogens is 418 g/mol. The summed E-state index contributed by atoms with van der Waals surface area (Å²) >= 11 is 0. The fraction of sp³-hybridized carbons (Fsp3) is 0.154. The van der Waals surface area contributed by atoms with Crippen LogP contribution in [-0.2, 0) is 4.79 Å². The summed E-state index contributed by atoms with van der Waals surface area (Å²) in [5.41, 5.74) is 2.59. The molecule has 7 heteroatoms. The van der Waals surface area contributed by atoms with Crippen LogP contribution in [-0.4, -0.2) is 28.0 Å². The molecule has 1 aromatic heterocycles. The predicted molar refractivity (Wildman–Crippen MR) is 125 cm³/mol. The van der Waals surface area contributed by atoms with E-state index < -0.39 is 6.10 Å². The standard InChI is InChI=1S/C26H23N3O4/c1-3-22(24(31)27-20-15-13-18(14-16-20)17(2)30)32-23-12-8-7-11-21(23)26-29-28-25(33-26)19-9-5-4-6-10-19/h4-16,22H,3H2,1-2H3,(H,27,31)/t22-/m1/s1. The molecule has 1 atom stereocenters. The van der Waals surface area contributed by atoms with Crippen molar-refractivity contribution in [2.45, 2.75) is 26.4 Å². The van der Waals surface area contributed by atoms with Crippen molar-refractivity contribution < 1.29 is 18.7 Å². The van der Waals surface area contributed by atoms with E-state index in [0.29, 0.717) is 40.8 Å². The minimum absolute atomic E-state index is 0.0318. The first kappa shape index (κ1) is 22.0. The van der Waals surface area contributed by atoms with E-state index in [1.165, 1.54) is 6.92 Å². The second-order valence-corrected chi connectivity index (χ2v) is 7.41. The molecule has 4 aromatic rings. The molecule has 7 nitrogen and oxygen atoms in total. The Balaban J connectivity index is 1.52. The largest absolute Gasteiger partial charge is 0.480 e. The van der Waals surface area contributed by atoms with Crippen LogP contribution in [0.1, 0.15) is 30.6 Å². The summed E-state index contributed by atoms with van der Waals surface area (Å²) in [7, 11) is 0. The van der Waals surface area contributed by atoms with Crippen molar-refractivity contribution in [2.75, 3.05) is 5.32 Å². The van der Waals surface area contributed by atoms with Gasteiger partial charge in [-0.1, -0.05) is 37.3 Å². The fourth-order valence-corrected chi connectivity index (χ4v) is 3.26. The van der Waals surface area contributed by atoms with E-state index >= 15 is 0 Å². The van der Waals surface area contributed by atoms with Crippen LogP contribution < -0.4 is 10.1 Å². The second-order valence-electron chi connectivity index (χ2n) is 7.41. The van der Waals surface area contributed by atoms with Gasteiger partial charge in [0, 0.05) is 16.8 Å². The number of carbonyl (C=O) groups is 2. The number of nitrogens with one attached hydrogen (secondary N) is 1. The number of para-hydroxylation sites is 1. The van der Waals surface area contributed by atoms with Gasteiger partial charge in [0.1, 0.15) is 5.75 Å². The maximum Gasteiger partial charge on any atom is 0.265 e. The lowest BCUT2D eigenvalue weighted by Gasteiger charge is -2.18. The highest BCUT2D eigenvalue weighted by Crippen LogP contribution is 2.32. The highest BCUT2D eigenvalue weighted by Gasteiger charge is 2.22. The predicted octanol–water partition coefficient (Wildman–Crippen LogP) is 5.40. The first-order valence-corrected chi connectivity index (χ1v) is 10.6. The first-order chi connectivity index (χ1) is 16.0. The van der Waals surface area contributed by atoms with Crippen molar-refractivity contribution in [1.82, 2.24) is 10.2 Å². The Labute approximate surface area is 191 Å². The fourth-order valence-electron chi connectivity index (χ4n) is 3.26. The smallest absolute Gasteiger partial charge is 0.265 e. The molecule has 0 saturated heterocycles. The molecule has 0 fully saturated rings. The average Bonchev–Trinajstić information content (AvgIpc) is 3.34. The van der Waals surface area contributed by atoms with Crippen molar-refractivity contribution in [3.8, 4) is 28.7 Å². The van der Waals surface area contributed by atoms with E-state index in [4.69, 9.17) is 9.15 Å². The van der Waals surface area contributed by atoms with Gasteiger partial charge in [-0.15, -0.1) is 10.2 Å². The normalized spacial score (nSPS) is 11.6. The van der Waals surface area contributed by atoms with Crippen molar-refractivity contribution in [2.24, 2.45) is 0 Å². The zero-order valence-electron chi connectivity index (χ0n) is 18.3. The molecule has 0 bridgehead atoms. The molecule has 3 aromatic carbocycles. The van der Waals surface area contributed by atoms with Crippen LogP contribution in [0, 0.1) is 0 Å². The molecular formula is C26H23N3O4. The number of rotatable bonds is 8. The number of benzene rings is 3. The number of hydrogen-bond donors (Lipinski definition) is 1. The molecule has 0 aliphatic heterocycles. The molecule has 4 rings (SSSR count). The lowest BCUT2D eigenvalue weighted by Crippen LogP contribution is -2.32. The number of hydrogen-bond acceptors (Lipinski definition) is 6. The number of ketones is 1. The van der Waals surface area contributed by atoms with Gasteiger partial charge in [0.05, 0.1) is 5.56 Å². The highest BCUT2D eigenvalue weighted by molar-refractivity contribution is 5.97. The van der Waals surface area contributed by atoms with Gasteiger partial charge in [-0.2, -0.15) is 0 Å². The van der Waals surface area contributed by atoms with Gasteiger partial charge in [0.15, 0.2) is 11.9 Å². The molecule has 0 unspecified atom stereocenters. The van der Waals surface area contributed by atoms with E-state index in [9.17, 15) is 9.59 Å². The number of anilines is 1. The van der Waals surface area contributed by atoms with E-state index in [2.05, 4.69) is 15.5 Å². The summed E-state index contributed by atoms with van der Waals surface area (Å²) in [5, 5.41) is 11.1. The van der Waals surface area contributed by atoms with Gasteiger partial charge >= 0.3 is 0 Å². The molecule has 0 saturated carbocycles. The molecule has 166 valence electrons. The van der Waals surface area contributed by atoms with Crippen LogP contribution in [0.2, 0.25) is 0 Å². The maximum absolute atomic E-state index is 12.8. The summed E-state index contributed by atoms with van der Waals surface area (Å²) < 4.78 is 11.9. The van der Waals surface area contributed by atoms with Crippen LogP contribution in [0.5, 0.6) is 5.75 Å². The molecule has 33 heavy (non-hydrogen) atoms. The van der Waals surface area contributed by atoms with Crippen molar-refractivity contribution in [1.29, 1.82) is 0 Å². The summed E-state index contributed by atoms with van der Waals surface area (Å²) in [4.78, 5) is 24.3. The topological polar surface area (TPSA) is 94.3 Å². The van der Waals surface area contributed by atoms with Gasteiger partial charge in [-0.25, -0.2) is 0 Å². The average molecular weight is 441 g/mol. The highest BCUT2D eigenvalue weighted by atomic mass is 16.5. The molecule has 1 N–H and O–H groups in total. The third-order valence-electron chi connectivity index (χ3n) is 5.05. The van der Waals surface area contributed by atoms with Gasteiger partial charge < -0.3 is 14.5 Å². The van der Waals surface area contributed by atoms with E-state index in [-0.39, 0.29) is 11.7 Å². The lowest BCUT2D eigenvalue weighted by atomic mass is 10.1. The van der Waals surface area contributed by atoms with Crippen molar-refractivity contribution in [3.05, 3.63) is 84.4 Å². The van der Waals surface area contributed by atoms with Crippen LogP contribution in [0.3, 0.4) is 0 Å². The number of aromatic nitrogens is 2. The van der Waals surface area contributed by atoms with Gasteiger partial charge in [0.2, 0.25) is 5.89 Å². The van der Waals surface area contributed by atoms with Crippen LogP contribution in [0.4, 0.5) is 5.69 Å². The number of carbonyl (C=O) groups excluding carboxylic acids is 2. The van der Waals surface area contributed by atoms with Crippen molar-refractivity contribution in [3.63, 3.8) is 0 Å². The second kappa shape index (κ2) is 9.91. The van der Waals surface area contributed by atoms with E-state index in [0.717, 1.165) is 5.56 Å².